The zero-order chi connectivity index (χ0) is 18.0. The second-order valence-corrected chi connectivity index (χ2v) is 6.81. The van der Waals surface area contributed by atoms with E-state index in [4.69, 9.17) is 9.47 Å². The zero-order valence-electron chi connectivity index (χ0n) is 14.7. The van der Waals surface area contributed by atoms with Crippen molar-refractivity contribution in [2.75, 3.05) is 19.5 Å². The Labute approximate surface area is 150 Å². The Hall–Kier alpha value is -2.60. The Morgan fingerprint density at radius 3 is 2.48 bits per heavy atom. The highest BCUT2D eigenvalue weighted by Gasteiger charge is 2.15. The monoisotopic (exact) mass is 356 g/mol. The van der Waals surface area contributed by atoms with Gasteiger partial charge >= 0.3 is 0 Å². The topological polar surface area (TPSA) is 60.5 Å². The van der Waals surface area contributed by atoms with E-state index in [1.54, 1.807) is 14.2 Å². The normalized spacial score (nSPS) is 10.7. The predicted molar refractivity (Wildman–Crippen MR) is 101 cm³/mol. The average molecular weight is 356 g/mol. The molecule has 0 atom stereocenters. The minimum Gasteiger partial charge on any atom is -0.495 e. The van der Waals surface area contributed by atoms with Crippen LogP contribution in [0.3, 0.4) is 0 Å². The third-order valence-corrected chi connectivity index (χ3v) is 5.08. The number of carbonyl (C=O) groups is 1. The molecular formula is C19H20N2O3S. The number of rotatable bonds is 5. The molecule has 1 heterocycles. The number of amides is 1. The van der Waals surface area contributed by atoms with Crippen molar-refractivity contribution >= 4 is 32.6 Å². The molecule has 2 aromatic carbocycles. The van der Waals surface area contributed by atoms with Gasteiger partial charge in [0.05, 0.1) is 20.6 Å². The maximum Gasteiger partial charge on any atom is 0.230 e. The number of nitrogens with zero attached hydrogens (tertiary/aromatic N) is 1. The summed E-state index contributed by atoms with van der Waals surface area (Å²) in [6, 6.07) is 9.69. The van der Waals surface area contributed by atoms with Gasteiger partial charge in [-0.1, -0.05) is 29.5 Å². The number of ether oxygens (including phenoxy) is 2. The molecule has 5 nitrogen and oxygen atoms in total. The number of fused-ring (bicyclic) bond motifs is 1. The number of carbonyl (C=O) groups excluding carboxylic acids is 1. The first-order chi connectivity index (χ1) is 12.0. The molecule has 3 aromatic rings. The molecule has 0 aliphatic carbocycles. The third kappa shape index (κ3) is 3.58. The Kier molecular flexibility index (Phi) is 4.90. The van der Waals surface area contributed by atoms with Crippen LogP contribution >= 0.6 is 11.3 Å². The van der Waals surface area contributed by atoms with E-state index in [1.807, 2.05) is 37.3 Å². The van der Waals surface area contributed by atoms with Crippen molar-refractivity contribution in [1.29, 1.82) is 0 Å². The number of anilines is 1. The van der Waals surface area contributed by atoms with Crippen molar-refractivity contribution in [3.05, 3.63) is 47.0 Å². The van der Waals surface area contributed by atoms with Crippen LogP contribution in [0.1, 0.15) is 16.7 Å². The molecule has 0 fully saturated rings. The van der Waals surface area contributed by atoms with Crippen molar-refractivity contribution in [2.45, 2.75) is 20.3 Å². The number of benzene rings is 2. The molecule has 0 aliphatic heterocycles. The maximum atomic E-state index is 12.4. The predicted octanol–water partition coefficient (Wildman–Crippen LogP) is 4.11. The van der Waals surface area contributed by atoms with Crippen LogP contribution in [0.2, 0.25) is 0 Å². The molecule has 0 unspecified atom stereocenters. The van der Waals surface area contributed by atoms with Gasteiger partial charge in [-0.15, -0.1) is 0 Å². The largest absolute Gasteiger partial charge is 0.495 e. The number of thiazole rings is 1. The number of aromatic nitrogens is 1. The first kappa shape index (κ1) is 17.2. The van der Waals surface area contributed by atoms with E-state index in [0.29, 0.717) is 28.6 Å². The molecule has 6 heteroatoms. The lowest BCUT2D eigenvalue weighted by molar-refractivity contribution is -0.115. The first-order valence-electron chi connectivity index (χ1n) is 7.89. The molecule has 0 radical (unpaired) electrons. The summed E-state index contributed by atoms with van der Waals surface area (Å²) in [5, 5.41) is 3.41. The van der Waals surface area contributed by atoms with Crippen LogP contribution in [0.4, 0.5) is 5.13 Å². The van der Waals surface area contributed by atoms with E-state index >= 15 is 0 Å². The van der Waals surface area contributed by atoms with Crippen LogP contribution in [-0.2, 0) is 11.2 Å². The SMILES string of the molecule is COc1ccc(OC)c2sc(NC(=O)Cc3ccc(C)c(C)c3)nc12. The van der Waals surface area contributed by atoms with Gasteiger partial charge in [-0.05, 0) is 42.7 Å². The van der Waals surface area contributed by atoms with Crippen LogP contribution < -0.4 is 14.8 Å². The van der Waals surface area contributed by atoms with Crippen LogP contribution in [-0.4, -0.2) is 25.1 Å². The molecular weight excluding hydrogens is 336 g/mol. The van der Waals surface area contributed by atoms with E-state index in [0.717, 1.165) is 10.3 Å². The number of hydrogen-bond acceptors (Lipinski definition) is 5. The van der Waals surface area contributed by atoms with E-state index in [1.165, 1.54) is 22.5 Å². The first-order valence-corrected chi connectivity index (χ1v) is 8.71. The second-order valence-electron chi connectivity index (χ2n) is 5.81. The fourth-order valence-electron chi connectivity index (χ4n) is 2.60. The molecule has 0 saturated carbocycles. The summed E-state index contributed by atoms with van der Waals surface area (Å²) >= 11 is 1.37. The number of methoxy groups -OCH3 is 2. The molecule has 130 valence electrons. The molecule has 0 aliphatic rings. The molecule has 0 spiro atoms. The van der Waals surface area contributed by atoms with Crippen LogP contribution in [0.5, 0.6) is 11.5 Å². The quantitative estimate of drug-likeness (QED) is 0.747. The number of hydrogen-bond donors (Lipinski definition) is 1. The molecule has 3 rings (SSSR count). The molecule has 0 bridgehead atoms. The summed E-state index contributed by atoms with van der Waals surface area (Å²) in [5.74, 6) is 1.27. The van der Waals surface area contributed by atoms with Crippen LogP contribution in [0, 0.1) is 13.8 Å². The molecule has 1 N–H and O–H groups in total. The summed E-state index contributed by atoms with van der Waals surface area (Å²) < 4.78 is 11.6. The minimum atomic E-state index is -0.0970. The van der Waals surface area contributed by atoms with E-state index in [2.05, 4.69) is 17.2 Å². The van der Waals surface area contributed by atoms with Crippen molar-refractivity contribution in [2.24, 2.45) is 0 Å². The summed E-state index contributed by atoms with van der Waals surface area (Å²) in [6.45, 7) is 4.10. The van der Waals surface area contributed by atoms with Gasteiger partial charge in [0, 0.05) is 0 Å². The molecule has 1 aromatic heterocycles. The lowest BCUT2D eigenvalue weighted by Crippen LogP contribution is -2.14. The van der Waals surface area contributed by atoms with Gasteiger partial charge in [0.15, 0.2) is 5.13 Å². The number of nitrogens with one attached hydrogen (secondary N) is 1. The smallest absolute Gasteiger partial charge is 0.230 e. The second kappa shape index (κ2) is 7.11. The fourth-order valence-corrected chi connectivity index (χ4v) is 3.59. The summed E-state index contributed by atoms with van der Waals surface area (Å²) in [5.41, 5.74) is 4.07. The highest BCUT2D eigenvalue weighted by molar-refractivity contribution is 7.22. The Balaban J connectivity index is 1.82. The molecule has 25 heavy (non-hydrogen) atoms. The van der Waals surface area contributed by atoms with Gasteiger partial charge in [0.1, 0.15) is 21.7 Å². The molecule has 1 amide bonds. The van der Waals surface area contributed by atoms with Gasteiger partial charge in [-0.25, -0.2) is 4.98 Å². The van der Waals surface area contributed by atoms with Crippen molar-refractivity contribution in [1.82, 2.24) is 4.98 Å². The highest BCUT2D eigenvalue weighted by atomic mass is 32.1. The van der Waals surface area contributed by atoms with Gasteiger partial charge in [0.25, 0.3) is 0 Å². The van der Waals surface area contributed by atoms with Crippen molar-refractivity contribution in [3.8, 4) is 11.5 Å². The highest BCUT2D eigenvalue weighted by Crippen LogP contribution is 2.38. The number of aryl methyl sites for hydroxylation is 2. The van der Waals surface area contributed by atoms with Gasteiger partial charge in [-0.3, -0.25) is 4.79 Å². The summed E-state index contributed by atoms with van der Waals surface area (Å²) in [7, 11) is 3.21. The van der Waals surface area contributed by atoms with E-state index < -0.39 is 0 Å². The van der Waals surface area contributed by atoms with Gasteiger partial charge < -0.3 is 14.8 Å². The average Bonchev–Trinajstić information content (AvgIpc) is 3.00. The lowest BCUT2D eigenvalue weighted by Gasteiger charge is -2.05. The fraction of sp³-hybridized carbons (Fsp3) is 0.263. The molecule has 0 saturated heterocycles. The van der Waals surface area contributed by atoms with Gasteiger partial charge in [0.2, 0.25) is 5.91 Å². The Bertz CT molecular complexity index is 893. The van der Waals surface area contributed by atoms with Crippen molar-refractivity contribution in [3.63, 3.8) is 0 Å². The minimum absolute atomic E-state index is 0.0970. The van der Waals surface area contributed by atoms with Gasteiger partial charge in [-0.2, -0.15) is 0 Å². The zero-order valence-corrected chi connectivity index (χ0v) is 15.5. The maximum absolute atomic E-state index is 12.4. The summed E-state index contributed by atoms with van der Waals surface area (Å²) in [6.07, 6.45) is 0.311. The van der Waals surface area contributed by atoms with Crippen molar-refractivity contribution < 1.29 is 14.3 Å². The standard InChI is InChI=1S/C19H20N2O3S/c1-11-5-6-13(9-12(11)2)10-16(22)20-19-21-17-14(23-3)7-8-15(24-4)18(17)25-19/h5-9H,10H2,1-4H3,(H,20,21,22). The lowest BCUT2D eigenvalue weighted by atomic mass is 10.0. The van der Waals surface area contributed by atoms with Crippen LogP contribution in [0.15, 0.2) is 30.3 Å². The van der Waals surface area contributed by atoms with E-state index in [-0.39, 0.29) is 5.91 Å². The Morgan fingerprint density at radius 1 is 1.08 bits per heavy atom. The third-order valence-electron chi connectivity index (χ3n) is 4.09. The Morgan fingerprint density at radius 2 is 1.80 bits per heavy atom. The summed E-state index contributed by atoms with van der Waals surface area (Å²) in [4.78, 5) is 16.8. The van der Waals surface area contributed by atoms with Crippen LogP contribution in [0.25, 0.3) is 10.2 Å². The van der Waals surface area contributed by atoms with E-state index in [9.17, 15) is 4.79 Å².